The van der Waals surface area contributed by atoms with E-state index in [1.54, 1.807) is 0 Å². The third-order valence-corrected chi connectivity index (χ3v) is 4.70. The van der Waals surface area contributed by atoms with Crippen molar-refractivity contribution in [1.82, 2.24) is 5.32 Å². The fourth-order valence-electron chi connectivity index (χ4n) is 3.02. The zero-order valence-electron chi connectivity index (χ0n) is 15.7. The van der Waals surface area contributed by atoms with Crippen molar-refractivity contribution in [2.45, 2.75) is 25.7 Å². The van der Waals surface area contributed by atoms with E-state index in [4.69, 9.17) is 30.2 Å². The van der Waals surface area contributed by atoms with Crippen LogP contribution in [0.15, 0.2) is 5.16 Å². The maximum Gasteiger partial charge on any atom is 0.140 e. The molecule has 0 aromatic carbocycles. The Balaban J connectivity index is 1.29. The number of terminal acetylenes is 1. The SMILES string of the molecule is C#CCOCCOCCOCCOCCON=C1CCC2(CC1)CNC2. The average Bonchev–Trinajstić information content (AvgIpc) is 2.64. The first-order chi connectivity index (χ1) is 12.8. The molecule has 7 heteroatoms. The van der Waals surface area contributed by atoms with Crippen molar-refractivity contribution < 1.29 is 23.8 Å². The molecule has 1 heterocycles. The number of nitrogens with zero attached hydrogens (tertiary/aromatic N) is 1. The lowest BCUT2D eigenvalue weighted by atomic mass is 9.69. The summed E-state index contributed by atoms with van der Waals surface area (Å²) in [6.45, 7) is 6.88. The first-order valence-corrected chi connectivity index (χ1v) is 9.47. The van der Waals surface area contributed by atoms with Crippen molar-refractivity contribution in [3.05, 3.63) is 0 Å². The zero-order valence-corrected chi connectivity index (χ0v) is 15.7. The van der Waals surface area contributed by atoms with E-state index in [1.807, 2.05) is 0 Å². The van der Waals surface area contributed by atoms with E-state index in [-0.39, 0.29) is 0 Å². The molecule has 1 aliphatic carbocycles. The molecule has 0 unspecified atom stereocenters. The Hall–Kier alpha value is -1.17. The second kappa shape index (κ2) is 13.1. The van der Waals surface area contributed by atoms with Crippen molar-refractivity contribution in [2.24, 2.45) is 10.6 Å². The molecule has 7 nitrogen and oxygen atoms in total. The molecule has 0 bridgehead atoms. The van der Waals surface area contributed by atoms with Gasteiger partial charge in [-0.15, -0.1) is 6.42 Å². The Labute approximate surface area is 156 Å². The van der Waals surface area contributed by atoms with Crippen LogP contribution in [-0.2, 0) is 23.8 Å². The summed E-state index contributed by atoms with van der Waals surface area (Å²) in [5, 5.41) is 7.62. The van der Waals surface area contributed by atoms with Crippen molar-refractivity contribution >= 4 is 5.71 Å². The topological polar surface area (TPSA) is 70.5 Å². The number of nitrogens with one attached hydrogen (secondary N) is 1. The van der Waals surface area contributed by atoms with Crippen LogP contribution in [-0.4, -0.2) is 78.3 Å². The summed E-state index contributed by atoms with van der Waals surface area (Å²) in [6.07, 6.45) is 9.66. The average molecular weight is 368 g/mol. The molecule has 0 amide bonds. The van der Waals surface area contributed by atoms with Gasteiger partial charge in [0, 0.05) is 13.1 Å². The van der Waals surface area contributed by atoms with Crippen LogP contribution in [0.5, 0.6) is 0 Å². The number of oxime groups is 1. The number of hydrogen-bond acceptors (Lipinski definition) is 7. The van der Waals surface area contributed by atoms with Gasteiger partial charge in [-0.25, -0.2) is 0 Å². The molecule has 2 rings (SSSR count). The smallest absolute Gasteiger partial charge is 0.140 e. The van der Waals surface area contributed by atoms with Gasteiger partial charge in [0.15, 0.2) is 0 Å². The van der Waals surface area contributed by atoms with Gasteiger partial charge in [0.25, 0.3) is 0 Å². The Morgan fingerprint density at radius 2 is 1.38 bits per heavy atom. The summed E-state index contributed by atoms with van der Waals surface area (Å²) in [5.41, 5.74) is 1.75. The molecule has 1 saturated carbocycles. The highest BCUT2D eigenvalue weighted by Crippen LogP contribution is 2.38. The van der Waals surface area contributed by atoms with Crippen LogP contribution in [0.25, 0.3) is 0 Å². The Morgan fingerprint density at radius 3 is 1.88 bits per heavy atom. The van der Waals surface area contributed by atoms with E-state index in [0.29, 0.717) is 64.9 Å². The number of ether oxygens (including phenoxy) is 4. The molecule has 0 atom stereocenters. The normalized spacial score (nSPS) is 18.3. The molecule has 1 N–H and O–H groups in total. The third-order valence-electron chi connectivity index (χ3n) is 4.70. The molecule has 26 heavy (non-hydrogen) atoms. The van der Waals surface area contributed by atoms with Crippen molar-refractivity contribution in [1.29, 1.82) is 0 Å². The van der Waals surface area contributed by atoms with Crippen molar-refractivity contribution in [3.8, 4) is 12.3 Å². The van der Waals surface area contributed by atoms with Crippen LogP contribution >= 0.6 is 0 Å². The van der Waals surface area contributed by atoms with Gasteiger partial charge >= 0.3 is 0 Å². The minimum Gasteiger partial charge on any atom is -0.393 e. The predicted octanol–water partition coefficient (Wildman–Crippen LogP) is 1.22. The maximum absolute atomic E-state index is 5.45. The lowest BCUT2D eigenvalue weighted by molar-refractivity contribution is -0.00890. The summed E-state index contributed by atoms with van der Waals surface area (Å²) in [4.78, 5) is 5.36. The Kier molecular flexibility index (Phi) is 10.6. The minimum atomic E-state index is 0.325. The number of hydrogen-bond donors (Lipinski definition) is 1. The molecular formula is C19H32N2O5. The fraction of sp³-hybridized carbons (Fsp3) is 0.842. The van der Waals surface area contributed by atoms with Gasteiger partial charge in [-0.3, -0.25) is 0 Å². The van der Waals surface area contributed by atoms with Crippen LogP contribution in [0.3, 0.4) is 0 Å². The molecule has 2 fully saturated rings. The van der Waals surface area contributed by atoms with E-state index < -0.39 is 0 Å². The van der Waals surface area contributed by atoms with Gasteiger partial charge in [0.05, 0.1) is 52.0 Å². The zero-order chi connectivity index (χ0) is 18.3. The summed E-state index contributed by atoms with van der Waals surface area (Å²) in [7, 11) is 0. The van der Waals surface area contributed by atoms with Crippen LogP contribution in [0.2, 0.25) is 0 Å². The highest BCUT2D eigenvalue weighted by Gasteiger charge is 2.39. The monoisotopic (exact) mass is 368 g/mol. The Morgan fingerprint density at radius 1 is 0.846 bits per heavy atom. The summed E-state index contributed by atoms with van der Waals surface area (Å²) in [6, 6.07) is 0. The molecule has 0 radical (unpaired) electrons. The molecular weight excluding hydrogens is 336 g/mol. The second-order valence-electron chi connectivity index (χ2n) is 6.69. The van der Waals surface area contributed by atoms with Crippen LogP contribution in [0, 0.1) is 17.8 Å². The minimum absolute atomic E-state index is 0.325. The highest BCUT2D eigenvalue weighted by molar-refractivity contribution is 5.84. The molecule has 1 saturated heterocycles. The van der Waals surface area contributed by atoms with Gasteiger partial charge in [-0.05, 0) is 31.1 Å². The third kappa shape index (κ3) is 8.47. The van der Waals surface area contributed by atoms with E-state index in [9.17, 15) is 0 Å². The largest absolute Gasteiger partial charge is 0.393 e. The molecule has 0 aromatic rings. The number of rotatable bonds is 14. The van der Waals surface area contributed by atoms with Gasteiger partial charge < -0.3 is 29.1 Å². The maximum atomic E-state index is 5.45. The molecule has 1 spiro atoms. The predicted molar refractivity (Wildman–Crippen MR) is 99.3 cm³/mol. The first kappa shape index (κ1) is 21.1. The Bertz CT molecular complexity index is 434. The summed E-state index contributed by atoms with van der Waals surface area (Å²) < 4.78 is 21.3. The standard InChI is InChI=1S/C19H32N2O5/c1-2-7-22-8-9-23-10-11-24-12-13-25-14-15-26-21-18-3-5-19(6-4-18)16-20-17-19/h1,20H,3-17H2. The molecule has 2 aliphatic rings. The van der Waals surface area contributed by atoms with E-state index >= 15 is 0 Å². The molecule has 0 aromatic heterocycles. The fourth-order valence-corrected chi connectivity index (χ4v) is 3.02. The van der Waals surface area contributed by atoms with Gasteiger partial charge in [-0.2, -0.15) is 0 Å². The lowest BCUT2D eigenvalue weighted by Gasteiger charge is -2.45. The van der Waals surface area contributed by atoms with E-state index in [0.717, 1.165) is 12.8 Å². The summed E-state index contributed by atoms with van der Waals surface area (Å²) in [5.74, 6) is 2.40. The highest BCUT2D eigenvalue weighted by atomic mass is 16.6. The molecule has 1 aliphatic heterocycles. The van der Waals surface area contributed by atoms with Gasteiger partial charge in [0.2, 0.25) is 0 Å². The second-order valence-corrected chi connectivity index (χ2v) is 6.69. The lowest BCUT2D eigenvalue weighted by Crippen LogP contribution is -2.54. The quantitative estimate of drug-likeness (QED) is 0.282. The van der Waals surface area contributed by atoms with E-state index in [2.05, 4.69) is 16.4 Å². The van der Waals surface area contributed by atoms with Crippen LogP contribution in [0.4, 0.5) is 0 Å². The van der Waals surface area contributed by atoms with Crippen molar-refractivity contribution in [2.75, 3.05) is 72.6 Å². The van der Waals surface area contributed by atoms with Crippen molar-refractivity contribution in [3.63, 3.8) is 0 Å². The van der Waals surface area contributed by atoms with Gasteiger partial charge in [-0.1, -0.05) is 11.1 Å². The van der Waals surface area contributed by atoms with Crippen LogP contribution in [0.1, 0.15) is 25.7 Å². The molecule has 148 valence electrons. The van der Waals surface area contributed by atoms with E-state index in [1.165, 1.54) is 31.6 Å². The summed E-state index contributed by atoms with van der Waals surface area (Å²) >= 11 is 0. The van der Waals surface area contributed by atoms with Crippen LogP contribution < -0.4 is 5.32 Å². The van der Waals surface area contributed by atoms with Gasteiger partial charge in [0.1, 0.15) is 13.2 Å². The first-order valence-electron chi connectivity index (χ1n) is 9.47.